The van der Waals surface area contributed by atoms with E-state index in [9.17, 15) is 9.18 Å². The van der Waals surface area contributed by atoms with Crippen molar-refractivity contribution in [2.24, 2.45) is 0 Å². The molecular formula is C23H28FN5OS. The van der Waals surface area contributed by atoms with Gasteiger partial charge in [0.1, 0.15) is 16.2 Å². The average Bonchev–Trinajstić information content (AvgIpc) is 3.22. The van der Waals surface area contributed by atoms with Crippen LogP contribution < -0.4 is 5.32 Å². The van der Waals surface area contributed by atoms with Crippen LogP contribution in [0.1, 0.15) is 44.1 Å². The number of likely N-dealkylation sites (tertiary alicyclic amines) is 1. The van der Waals surface area contributed by atoms with Crippen molar-refractivity contribution in [3.05, 3.63) is 41.2 Å². The van der Waals surface area contributed by atoms with E-state index in [4.69, 9.17) is 6.85 Å². The Morgan fingerprint density at radius 2 is 2.29 bits per heavy atom. The van der Waals surface area contributed by atoms with Gasteiger partial charge < -0.3 is 10.2 Å². The molecule has 3 heterocycles. The molecule has 1 aliphatic heterocycles. The number of rotatable bonds is 6. The fourth-order valence-corrected chi connectivity index (χ4v) is 4.40. The van der Waals surface area contributed by atoms with Gasteiger partial charge >= 0.3 is 0 Å². The summed E-state index contributed by atoms with van der Waals surface area (Å²) < 4.78 is 53.5. The van der Waals surface area contributed by atoms with Gasteiger partial charge in [-0.2, -0.15) is 0 Å². The fraction of sp³-hybridized carbons (Fsp3) is 0.478. The number of nitrogens with zero attached hydrogens (tertiary/aromatic N) is 4. The highest BCUT2D eigenvalue weighted by Gasteiger charge is 2.31. The summed E-state index contributed by atoms with van der Waals surface area (Å²) in [6.45, 7) is 0.486. The number of nitrogens with one attached hydrogen (secondary N) is 1. The zero-order valence-electron chi connectivity index (χ0n) is 22.4. The van der Waals surface area contributed by atoms with Crippen molar-refractivity contribution in [2.75, 3.05) is 13.1 Å². The highest BCUT2D eigenvalue weighted by Crippen LogP contribution is 2.27. The van der Waals surface area contributed by atoms with Gasteiger partial charge in [0.2, 0.25) is 5.91 Å². The van der Waals surface area contributed by atoms with Crippen molar-refractivity contribution in [1.29, 1.82) is 0 Å². The second-order valence-corrected chi connectivity index (χ2v) is 8.86. The highest BCUT2D eigenvalue weighted by atomic mass is 32.1. The van der Waals surface area contributed by atoms with E-state index >= 15 is 0 Å². The van der Waals surface area contributed by atoms with Crippen LogP contribution in [0.25, 0.3) is 21.3 Å². The molecule has 0 spiro atoms. The Bertz CT molecular complexity index is 1230. The minimum Gasteiger partial charge on any atom is -0.339 e. The molecule has 1 unspecified atom stereocenters. The maximum absolute atomic E-state index is 15.0. The van der Waals surface area contributed by atoms with E-state index in [2.05, 4.69) is 20.5 Å². The maximum atomic E-state index is 15.0. The van der Waals surface area contributed by atoms with E-state index in [1.54, 1.807) is 6.20 Å². The summed E-state index contributed by atoms with van der Waals surface area (Å²) in [5.41, 5.74) is 1.49. The van der Waals surface area contributed by atoms with E-state index < -0.39 is 31.5 Å². The highest BCUT2D eigenvalue weighted by molar-refractivity contribution is 7.14. The first kappa shape index (κ1) is 16.2. The van der Waals surface area contributed by atoms with Crippen molar-refractivity contribution in [2.45, 2.75) is 58.2 Å². The van der Waals surface area contributed by atoms with Gasteiger partial charge in [-0.25, -0.2) is 4.39 Å². The molecular weight excluding hydrogens is 413 g/mol. The molecule has 1 saturated heterocycles. The predicted molar refractivity (Wildman–Crippen MR) is 122 cm³/mol. The first-order chi connectivity index (χ1) is 16.8. The van der Waals surface area contributed by atoms with Crippen LogP contribution >= 0.6 is 11.3 Å². The lowest BCUT2D eigenvalue weighted by Crippen LogP contribution is -2.54. The number of amides is 1. The molecule has 31 heavy (non-hydrogen) atoms. The number of hydrogen-bond donors (Lipinski definition) is 1. The fourth-order valence-electron chi connectivity index (χ4n) is 3.71. The number of piperidine rings is 1. The smallest absolute Gasteiger partial charge is 0.228 e. The maximum Gasteiger partial charge on any atom is 0.228 e. The Kier molecular flexibility index (Phi) is 4.90. The molecule has 4 rings (SSSR count). The number of halogens is 1. The first-order valence-corrected chi connectivity index (χ1v) is 11.0. The third kappa shape index (κ3) is 5.07. The van der Waals surface area contributed by atoms with Gasteiger partial charge in [0.15, 0.2) is 0 Å². The molecule has 3 aromatic rings. The number of benzene rings is 1. The van der Waals surface area contributed by atoms with Crippen LogP contribution in [0.2, 0.25) is 0 Å². The summed E-state index contributed by atoms with van der Waals surface area (Å²) in [5.74, 6) is -0.267. The number of aromatic nitrogens is 3. The molecule has 8 heteroatoms. The number of alkyl halides is 1. The zero-order valence-corrected chi connectivity index (χ0v) is 18.2. The lowest BCUT2D eigenvalue weighted by molar-refractivity contribution is -0.133. The van der Waals surface area contributed by atoms with Crippen LogP contribution in [0, 0.1) is 6.92 Å². The monoisotopic (exact) mass is 446 g/mol. The van der Waals surface area contributed by atoms with Crippen LogP contribution in [0.4, 0.5) is 4.39 Å². The zero-order chi connectivity index (χ0) is 26.3. The Morgan fingerprint density at radius 1 is 1.42 bits per heavy atom. The van der Waals surface area contributed by atoms with Crippen molar-refractivity contribution < 1.29 is 16.0 Å². The number of aryl methyl sites for hydroxylation is 1. The van der Waals surface area contributed by atoms with Crippen LogP contribution in [-0.2, 0) is 11.2 Å². The molecule has 6 nitrogen and oxygen atoms in total. The molecule has 3 atom stereocenters. The summed E-state index contributed by atoms with van der Waals surface area (Å²) in [5, 5.41) is 14.4. The molecule has 2 aromatic heterocycles. The van der Waals surface area contributed by atoms with Gasteiger partial charge in [0.25, 0.3) is 0 Å². The topological polar surface area (TPSA) is 71.0 Å². The van der Waals surface area contributed by atoms with E-state index in [1.807, 2.05) is 31.2 Å². The molecule has 0 aliphatic carbocycles. The summed E-state index contributed by atoms with van der Waals surface area (Å²) in [7, 11) is 0. The van der Waals surface area contributed by atoms with Crippen molar-refractivity contribution >= 4 is 28.0 Å². The minimum absolute atomic E-state index is 0.0122. The minimum atomic E-state index is -2.62. The molecule has 0 radical (unpaired) electrons. The molecule has 1 aliphatic rings. The third-order valence-electron chi connectivity index (χ3n) is 5.45. The Labute approximate surface area is 192 Å². The molecule has 1 aromatic carbocycles. The lowest BCUT2D eigenvalue weighted by atomic mass is 10.0. The number of hydrogen-bond acceptors (Lipinski definition) is 6. The van der Waals surface area contributed by atoms with Gasteiger partial charge in [-0.05, 0) is 44.1 Å². The molecule has 164 valence electrons. The first-order valence-electron chi connectivity index (χ1n) is 12.7. The predicted octanol–water partition coefficient (Wildman–Crippen LogP) is 3.93. The molecule has 1 amide bonds. The second kappa shape index (κ2) is 9.36. The number of carbonyl (C=O) groups excluding carboxylic acids is 1. The van der Waals surface area contributed by atoms with E-state index in [-0.39, 0.29) is 31.8 Å². The van der Waals surface area contributed by atoms with E-state index in [0.29, 0.717) is 5.69 Å². The number of fused-ring (bicyclic) bond motifs is 1. The van der Waals surface area contributed by atoms with Crippen LogP contribution in [0.5, 0.6) is 0 Å². The van der Waals surface area contributed by atoms with Gasteiger partial charge in [-0.3, -0.25) is 9.78 Å². The average molecular weight is 447 g/mol. The van der Waals surface area contributed by atoms with Crippen LogP contribution in [-0.4, -0.2) is 57.3 Å². The van der Waals surface area contributed by atoms with Gasteiger partial charge in [-0.15, -0.1) is 10.2 Å². The van der Waals surface area contributed by atoms with Gasteiger partial charge in [-0.1, -0.05) is 30.4 Å². The number of pyridine rings is 1. The standard InChI is InChI=1S/C23H28FN5OS/c1-4-14(2)26-21-7-8-29(13-20(21)24)22(30)11-19-10-18-9-16(5-6-17(18)12-25-19)23-28-27-15(3)31-23/h5-6,9-10,12,14,20-21,26H,4,7-8,11,13H2,1-3H3/t14?,20-,21-/m0/s1/i2D3,4D2. The Hall–Kier alpha value is -2.45. The van der Waals surface area contributed by atoms with E-state index in [0.717, 1.165) is 33.3 Å². The summed E-state index contributed by atoms with van der Waals surface area (Å²) in [6, 6.07) is 5.36. The second-order valence-electron chi connectivity index (χ2n) is 7.68. The van der Waals surface area contributed by atoms with Crippen molar-refractivity contribution in [3.63, 3.8) is 0 Å². The van der Waals surface area contributed by atoms with Gasteiger partial charge in [0, 0.05) is 42.6 Å². The van der Waals surface area contributed by atoms with E-state index in [1.165, 1.54) is 16.2 Å². The Morgan fingerprint density at radius 3 is 3.00 bits per heavy atom. The summed E-state index contributed by atoms with van der Waals surface area (Å²) >= 11 is 1.50. The quantitative estimate of drug-likeness (QED) is 0.621. The van der Waals surface area contributed by atoms with Crippen LogP contribution in [0.15, 0.2) is 30.5 Å². The Balaban J connectivity index is 1.41. The lowest BCUT2D eigenvalue weighted by Gasteiger charge is -2.36. The summed E-state index contributed by atoms with van der Waals surface area (Å²) in [6.07, 6.45) is -1.68. The number of carbonyl (C=O) groups is 1. The van der Waals surface area contributed by atoms with Crippen molar-refractivity contribution in [3.8, 4) is 10.6 Å². The van der Waals surface area contributed by atoms with Crippen molar-refractivity contribution in [1.82, 2.24) is 25.4 Å². The largest absolute Gasteiger partial charge is 0.339 e. The summed E-state index contributed by atoms with van der Waals surface area (Å²) in [4.78, 5) is 18.7. The molecule has 0 saturated carbocycles. The van der Waals surface area contributed by atoms with Crippen LogP contribution in [0.3, 0.4) is 0 Å². The SMILES string of the molecule is [2H]C([2H])([2H])C(N[C@H]1CCN(C(=O)Cc2cc3cc(-c4nnc(C)s4)ccc3cn2)C[C@@H]1F)C([2H])([2H])C. The molecule has 1 N–H and O–H groups in total. The molecule has 0 bridgehead atoms. The normalized spacial score (nSPS) is 23.5. The van der Waals surface area contributed by atoms with Gasteiger partial charge in [0.05, 0.1) is 18.7 Å². The third-order valence-corrected chi connectivity index (χ3v) is 6.33. The molecule has 1 fully saturated rings.